The normalized spacial score (nSPS) is 12.9. The number of carbonyl (C=O) groups excluding carboxylic acids is 1. The van der Waals surface area contributed by atoms with Crippen molar-refractivity contribution < 1.29 is 14.3 Å². The van der Waals surface area contributed by atoms with E-state index in [2.05, 4.69) is 4.98 Å². The minimum atomic E-state index is -0.361. The van der Waals surface area contributed by atoms with Crippen LogP contribution in [-0.2, 0) is 11.3 Å². The van der Waals surface area contributed by atoms with Gasteiger partial charge in [-0.2, -0.15) is 0 Å². The fourth-order valence-corrected chi connectivity index (χ4v) is 2.06. The summed E-state index contributed by atoms with van der Waals surface area (Å²) in [6.45, 7) is 1.34. The van der Waals surface area contributed by atoms with Gasteiger partial charge in [-0.1, -0.05) is 0 Å². The van der Waals surface area contributed by atoms with Crippen LogP contribution < -0.4 is 4.74 Å². The van der Waals surface area contributed by atoms with E-state index in [0.717, 1.165) is 23.7 Å². The van der Waals surface area contributed by atoms with E-state index in [1.54, 1.807) is 24.4 Å². The molecule has 0 amide bonds. The topological polar surface area (TPSA) is 53.3 Å². The first-order valence-corrected chi connectivity index (χ1v) is 5.66. The Balaban J connectivity index is 2.16. The Bertz CT molecular complexity index is 604. The minimum absolute atomic E-state index is 0.361. The fraction of sp³-hybridized carbons (Fsp3) is 0.231. The Morgan fingerprint density at radius 2 is 2.39 bits per heavy atom. The van der Waals surface area contributed by atoms with Gasteiger partial charge in [0.15, 0.2) is 0 Å². The van der Waals surface area contributed by atoms with Gasteiger partial charge in [0.25, 0.3) is 0 Å². The zero-order chi connectivity index (χ0) is 12.5. The van der Waals surface area contributed by atoms with Crippen LogP contribution >= 0.6 is 0 Å². The van der Waals surface area contributed by atoms with Crippen molar-refractivity contribution in [3.63, 3.8) is 0 Å². The molecule has 3 rings (SSSR count). The van der Waals surface area contributed by atoms with E-state index in [-0.39, 0.29) is 5.97 Å². The summed E-state index contributed by atoms with van der Waals surface area (Å²) in [4.78, 5) is 15.9. The molecule has 5 nitrogen and oxygen atoms in total. The van der Waals surface area contributed by atoms with Crippen LogP contribution in [0.15, 0.2) is 30.6 Å². The standard InChI is InChI=1S/C13H12N2O3/c1-17-13(16)9-2-3-11-10(8-9)12-14-4-5-15(12)6-7-18-11/h2-5,8H,6-7H2,1H3. The third-order valence-electron chi connectivity index (χ3n) is 2.95. The molecular weight excluding hydrogens is 232 g/mol. The molecule has 0 saturated heterocycles. The molecule has 0 saturated carbocycles. The summed E-state index contributed by atoms with van der Waals surface area (Å²) < 4.78 is 12.4. The van der Waals surface area contributed by atoms with Gasteiger partial charge in [0, 0.05) is 12.4 Å². The number of esters is 1. The summed E-state index contributed by atoms with van der Waals surface area (Å²) in [5.41, 5.74) is 1.32. The van der Waals surface area contributed by atoms with Crippen LogP contribution in [-0.4, -0.2) is 29.2 Å². The molecule has 1 aliphatic rings. The average molecular weight is 244 g/mol. The van der Waals surface area contributed by atoms with Crippen molar-refractivity contribution in [2.75, 3.05) is 13.7 Å². The number of rotatable bonds is 1. The van der Waals surface area contributed by atoms with Crippen molar-refractivity contribution in [1.29, 1.82) is 0 Å². The zero-order valence-electron chi connectivity index (χ0n) is 9.92. The molecule has 92 valence electrons. The number of hydrogen-bond acceptors (Lipinski definition) is 4. The van der Waals surface area contributed by atoms with Crippen LogP contribution in [0.4, 0.5) is 0 Å². The number of ether oxygens (including phenoxy) is 2. The molecule has 0 bridgehead atoms. The molecule has 1 aromatic heterocycles. The smallest absolute Gasteiger partial charge is 0.337 e. The second-order valence-electron chi connectivity index (χ2n) is 4.00. The fourth-order valence-electron chi connectivity index (χ4n) is 2.06. The number of nitrogens with zero attached hydrogens (tertiary/aromatic N) is 2. The molecule has 0 radical (unpaired) electrons. The van der Waals surface area contributed by atoms with E-state index in [9.17, 15) is 4.79 Å². The van der Waals surface area contributed by atoms with Crippen molar-refractivity contribution in [2.45, 2.75) is 6.54 Å². The van der Waals surface area contributed by atoms with Crippen LogP contribution in [0, 0.1) is 0 Å². The van der Waals surface area contributed by atoms with E-state index < -0.39 is 0 Å². The van der Waals surface area contributed by atoms with Crippen LogP contribution in [0.5, 0.6) is 5.75 Å². The number of aromatic nitrogens is 2. The Labute approximate surface area is 104 Å². The number of benzene rings is 1. The Kier molecular flexibility index (Phi) is 2.51. The number of hydrogen-bond donors (Lipinski definition) is 0. The summed E-state index contributed by atoms with van der Waals surface area (Å²) in [5.74, 6) is 1.20. The van der Waals surface area contributed by atoms with Crippen molar-refractivity contribution in [3.05, 3.63) is 36.2 Å². The van der Waals surface area contributed by atoms with Crippen molar-refractivity contribution in [1.82, 2.24) is 9.55 Å². The van der Waals surface area contributed by atoms with Gasteiger partial charge in [-0.25, -0.2) is 9.78 Å². The van der Waals surface area contributed by atoms with Gasteiger partial charge in [0.2, 0.25) is 0 Å². The predicted molar refractivity (Wildman–Crippen MR) is 64.5 cm³/mol. The van der Waals surface area contributed by atoms with Crippen molar-refractivity contribution >= 4 is 5.97 Å². The monoisotopic (exact) mass is 244 g/mol. The molecule has 0 unspecified atom stereocenters. The molecule has 0 N–H and O–H groups in total. The highest BCUT2D eigenvalue weighted by molar-refractivity contribution is 5.91. The van der Waals surface area contributed by atoms with Gasteiger partial charge in [-0.05, 0) is 18.2 Å². The maximum Gasteiger partial charge on any atom is 0.337 e. The highest BCUT2D eigenvalue weighted by Crippen LogP contribution is 2.32. The van der Waals surface area contributed by atoms with E-state index in [0.29, 0.717) is 12.2 Å². The molecule has 0 fully saturated rings. The quantitative estimate of drug-likeness (QED) is 0.717. The third-order valence-corrected chi connectivity index (χ3v) is 2.95. The van der Waals surface area contributed by atoms with Crippen molar-refractivity contribution in [3.8, 4) is 17.1 Å². The molecule has 5 heteroatoms. The summed E-state index contributed by atoms with van der Waals surface area (Å²) >= 11 is 0. The first-order valence-electron chi connectivity index (χ1n) is 5.66. The van der Waals surface area contributed by atoms with Crippen LogP contribution in [0.2, 0.25) is 0 Å². The molecule has 0 atom stereocenters. The largest absolute Gasteiger partial charge is 0.491 e. The van der Waals surface area contributed by atoms with Crippen LogP contribution in [0.1, 0.15) is 10.4 Å². The van der Waals surface area contributed by atoms with Crippen molar-refractivity contribution in [2.24, 2.45) is 0 Å². The molecule has 18 heavy (non-hydrogen) atoms. The van der Waals surface area contributed by atoms with Gasteiger partial charge in [0.05, 0.1) is 24.8 Å². The number of imidazole rings is 1. The lowest BCUT2D eigenvalue weighted by Crippen LogP contribution is -2.04. The highest BCUT2D eigenvalue weighted by Gasteiger charge is 2.18. The van der Waals surface area contributed by atoms with Crippen LogP contribution in [0.3, 0.4) is 0 Å². The lowest BCUT2D eigenvalue weighted by Gasteiger charge is -2.07. The molecule has 0 spiro atoms. The highest BCUT2D eigenvalue weighted by atomic mass is 16.5. The molecule has 0 aliphatic carbocycles. The summed E-state index contributed by atoms with van der Waals surface area (Å²) in [7, 11) is 1.37. The zero-order valence-corrected chi connectivity index (χ0v) is 9.92. The Morgan fingerprint density at radius 3 is 3.22 bits per heavy atom. The van der Waals surface area contributed by atoms with Gasteiger partial charge in [-0.3, -0.25) is 0 Å². The Morgan fingerprint density at radius 1 is 1.50 bits per heavy atom. The number of carbonyl (C=O) groups is 1. The molecule has 2 aromatic rings. The minimum Gasteiger partial charge on any atom is -0.491 e. The van der Waals surface area contributed by atoms with Gasteiger partial charge >= 0.3 is 5.97 Å². The molecule has 2 heterocycles. The van der Waals surface area contributed by atoms with E-state index >= 15 is 0 Å². The number of methoxy groups -OCH3 is 1. The molecule has 1 aliphatic heterocycles. The second-order valence-corrected chi connectivity index (χ2v) is 4.00. The Hall–Kier alpha value is -2.30. The van der Waals surface area contributed by atoms with E-state index in [4.69, 9.17) is 9.47 Å². The first kappa shape index (κ1) is 10.8. The SMILES string of the molecule is COC(=O)c1ccc2c(c1)-c1nccn1CCO2. The van der Waals surface area contributed by atoms with E-state index in [1.807, 2.05) is 10.8 Å². The third kappa shape index (κ3) is 1.64. The van der Waals surface area contributed by atoms with Gasteiger partial charge < -0.3 is 14.0 Å². The van der Waals surface area contributed by atoms with Crippen LogP contribution in [0.25, 0.3) is 11.4 Å². The maximum atomic E-state index is 11.5. The van der Waals surface area contributed by atoms with Gasteiger partial charge in [0.1, 0.15) is 18.2 Å². The lowest BCUT2D eigenvalue weighted by molar-refractivity contribution is 0.0601. The van der Waals surface area contributed by atoms with Gasteiger partial charge in [-0.15, -0.1) is 0 Å². The lowest BCUT2D eigenvalue weighted by atomic mass is 10.1. The predicted octanol–water partition coefficient (Wildman–Crippen LogP) is 1.73. The first-order chi connectivity index (χ1) is 8.79. The maximum absolute atomic E-state index is 11.5. The number of fused-ring (bicyclic) bond motifs is 3. The summed E-state index contributed by atoms with van der Waals surface area (Å²) in [6, 6.07) is 5.24. The second kappa shape index (κ2) is 4.18. The molecular formula is C13H12N2O3. The average Bonchev–Trinajstić information content (AvgIpc) is 2.80. The summed E-state index contributed by atoms with van der Waals surface area (Å²) in [5, 5.41) is 0. The summed E-state index contributed by atoms with van der Waals surface area (Å²) in [6.07, 6.45) is 3.65. The van der Waals surface area contributed by atoms with E-state index in [1.165, 1.54) is 7.11 Å². The molecule has 1 aromatic carbocycles.